The highest BCUT2D eigenvalue weighted by Gasteiger charge is 2.33. The van der Waals surface area contributed by atoms with Crippen LogP contribution in [0.3, 0.4) is 0 Å². The average molecular weight is 288 g/mol. The van der Waals surface area contributed by atoms with Gasteiger partial charge in [0.15, 0.2) is 0 Å². The van der Waals surface area contributed by atoms with Crippen molar-refractivity contribution in [2.45, 2.75) is 25.0 Å². The molecule has 1 saturated carbocycles. The minimum atomic E-state index is -0.678. The predicted molar refractivity (Wildman–Crippen MR) is 68.5 cm³/mol. The lowest BCUT2D eigenvalue weighted by molar-refractivity contribution is 0.0903. The van der Waals surface area contributed by atoms with E-state index in [-0.39, 0.29) is 29.2 Å². The van der Waals surface area contributed by atoms with Gasteiger partial charge in [0.05, 0.1) is 16.7 Å². The topological polar surface area (TPSA) is 69.6 Å². The number of hydrogen-bond acceptors (Lipinski definition) is 3. The number of carbonyl (C=O) groups is 1. The molecule has 0 saturated heterocycles. The molecule has 4 nitrogen and oxygen atoms in total. The zero-order valence-electron chi connectivity index (χ0n) is 10.1. The van der Waals surface area contributed by atoms with Gasteiger partial charge in [0.1, 0.15) is 5.82 Å². The lowest BCUT2D eigenvalue weighted by atomic mass is 10.1. The van der Waals surface area contributed by atoms with Gasteiger partial charge in [-0.1, -0.05) is 17.7 Å². The van der Waals surface area contributed by atoms with Crippen LogP contribution in [0.5, 0.6) is 0 Å². The number of hydrogen-bond donors (Lipinski definition) is 3. The summed E-state index contributed by atoms with van der Waals surface area (Å²) in [7, 11) is 0. The molecule has 0 aliphatic heterocycles. The third kappa shape index (κ3) is 3.05. The molecule has 1 aliphatic carbocycles. The second-order valence-corrected chi connectivity index (χ2v) is 5.16. The number of amides is 1. The van der Waals surface area contributed by atoms with E-state index in [1.807, 2.05) is 0 Å². The van der Waals surface area contributed by atoms with E-state index in [0.29, 0.717) is 12.8 Å². The summed E-state index contributed by atoms with van der Waals surface area (Å²) < 4.78 is 13.6. The average Bonchev–Trinajstić information content (AvgIpc) is 2.69. The van der Waals surface area contributed by atoms with Crippen molar-refractivity contribution in [2.24, 2.45) is 5.92 Å². The van der Waals surface area contributed by atoms with Gasteiger partial charge >= 0.3 is 0 Å². The van der Waals surface area contributed by atoms with E-state index in [0.717, 1.165) is 0 Å². The number of aliphatic hydroxyl groups excluding tert-OH is 2. The fourth-order valence-corrected chi connectivity index (χ4v) is 2.64. The molecule has 2 rings (SSSR count). The molecular weight excluding hydrogens is 273 g/mol. The third-order valence-electron chi connectivity index (χ3n) is 3.42. The number of carbonyl (C=O) groups excluding carboxylic acids is 1. The standard InChI is InChI=1S/C13H15ClFNO3/c14-9-2-1-3-10(15)12(9)13(19)16-8-4-7(6-17)11(18)5-8/h1-3,7-8,11,17-18H,4-6H2,(H,16,19)/t7-,8-,11-/m0/s1. The van der Waals surface area contributed by atoms with Crippen LogP contribution < -0.4 is 5.32 Å². The van der Waals surface area contributed by atoms with E-state index in [2.05, 4.69) is 5.32 Å². The Kier molecular flexibility index (Phi) is 4.39. The van der Waals surface area contributed by atoms with E-state index in [1.54, 1.807) is 0 Å². The summed E-state index contributed by atoms with van der Waals surface area (Å²) in [6.45, 7) is -0.131. The zero-order valence-corrected chi connectivity index (χ0v) is 10.9. The Morgan fingerprint density at radius 2 is 2.21 bits per heavy atom. The van der Waals surface area contributed by atoms with E-state index in [1.165, 1.54) is 18.2 Å². The minimum Gasteiger partial charge on any atom is -0.396 e. The van der Waals surface area contributed by atoms with Gasteiger partial charge in [-0.3, -0.25) is 4.79 Å². The molecular formula is C13H15ClFNO3. The van der Waals surface area contributed by atoms with E-state index in [9.17, 15) is 14.3 Å². The van der Waals surface area contributed by atoms with E-state index >= 15 is 0 Å². The first kappa shape index (κ1) is 14.2. The molecule has 0 heterocycles. The van der Waals surface area contributed by atoms with Crippen LogP contribution in [-0.2, 0) is 0 Å². The SMILES string of the molecule is O=C(N[C@H]1C[C@@H](CO)[C@@H](O)C1)c1c(F)cccc1Cl. The van der Waals surface area contributed by atoms with Crippen LogP contribution in [0.4, 0.5) is 4.39 Å². The van der Waals surface area contributed by atoms with Gasteiger partial charge in [-0.2, -0.15) is 0 Å². The largest absolute Gasteiger partial charge is 0.396 e. The molecule has 6 heteroatoms. The van der Waals surface area contributed by atoms with E-state index in [4.69, 9.17) is 16.7 Å². The van der Waals surface area contributed by atoms with Crippen LogP contribution in [0.2, 0.25) is 5.02 Å². The van der Waals surface area contributed by atoms with Crippen LogP contribution in [-0.4, -0.2) is 34.9 Å². The Morgan fingerprint density at radius 3 is 2.79 bits per heavy atom. The lowest BCUT2D eigenvalue weighted by Gasteiger charge is -2.13. The van der Waals surface area contributed by atoms with Crippen molar-refractivity contribution in [3.8, 4) is 0 Å². The highest BCUT2D eigenvalue weighted by atomic mass is 35.5. The van der Waals surface area contributed by atoms with Gasteiger partial charge in [-0.05, 0) is 25.0 Å². The summed E-state index contributed by atoms with van der Waals surface area (Å²) >= 11 is 5.80. The van der Waals surface area contributed by atoms with Crippen LogP contribution in [0.25, 0.3) is 0 Å². The maximum atomic E-state index is 13.6. The summed E-state index contributed by atoms with van der Waals surface area (Å²) in [5.41, 5.74) is -0.189. The molecule has 0 unspecified atom stereocenters. The first-order valence-corrected chi connectivity index (χ1v) is 6.44. The lowest BCUT2D eigenvalue weighted by Crippen LogP contribution is -2.34. The van der Waals surface area contributed by atoms with Gasteiger partial charge in [-0.15, -0.1) is 0 Å². The molecule has 0 radical (unpaired) electrons. The van der Waals surface area contributed by atoms with Crippen molar-refractivity contribution in [3.63, 3.8) is 0 Å². The first-order chi connectivity index (χ1) is 9.02. The Labute approximate surface area is 115 Å². The number of halogens is 2. The monoisotopic (exact) mass is 287 g/mol. The van der Waals surface area contributed by atoms with Crippen molar-refractivity contribution >= 4 is 17.5 Å². The van der Waals surface area contributed by atoms with Gasteiger partial charge in [-0.25, -0.2) is 4.39 Å². The first-order valence-electron chi connectivity index (χ1n) is 6.06. The Bertz CT molecular complexity index is 463. The van der Waals surface area contributed by atoms with E-state index < -0.39 is 17.8 Å². The Hall–Kier alpha value is -1.17. The molecule has 3 atom stereocenters. The predicted octanol–water partition coefficient (Wildman–Crippen LogP) is 1.34. The van der Waals surface area contributed by atoms with Gasteiger partial charge in [0, 0.05) is 18.6 Å². The van der Waals surface area contributed by atoms with Crippen LogP contribution in [0.1, 0.15) is 23.2 Å². The minimum absolute atomic E-state index is 0.0507. The van der Waals surface area contributed by atoms with Gasteiger partial charge in [0.2, 0.25) is 0 Å². The summed E-state index contributed by atoms with van der Waals surface area (Å²) in [4.78, 5) is 12.0. The zero-order chi connectivity index (χ0) is 14.0. The van der Waals surface area contributed by atoms with Crippen molar-refractivity contribution in [1.82, 2.24) is 5.32 Å². The number of benzene rings is 1. The maximum Gasteiger partial charge on any atom is 0.255 e. The molecule has 1 amide bonds. The third-order valence-corrected chi connectivity index (χ3v) is 3.73. The second-order valence-electron chi connectivity index (χ2n) is 4.75. The number of aliphatic hydroxyl groups is 2. The van der Waals surface area contributed by atoms with Crippen LogP contribution in [0, 0.1) is 11.7 Å². The smallest absolute Gasteiger partial charge is 0.255 e. The molecule has 1 fully saturated rings. The molecule has 3 N–H and O–H groups in total. The number of rotatable bonds is 3. The van der Waals surface area contributed by atoms with Gasteiger partial charge in [0.25, 0.3) is 5.91 Å². The summed E-state index contributed by atoms with van der Waals surface area (Å²) in [5.74, 6) is -1.53. The highest BCUT2D eigenvalue weighted by molar-refractivity contribution is 6.33. The molecule has 0 bridgehead atoms. The second kappa shape index (κ2) is 5.86. The van der Waals surface area contributed by atoms with Crippen molar-refractivity contribution in [1.29, 1.82) is 0 Å². The van der Waals surface area contributed by atoms with Crippen LogP contribution in [0.15, 0.2) is 18.2 Å². The van der Waals surface area contributed by atoms with Crippen molar-refractivity contribution < 1.29 is 19.4 Å². The van der Waals surface area contributed by atoms with Gasteiger partial charge < -0.3 is 15.5 Å². The maximum absolute atomic E-state index is 13.6. The normalized spacial score (nSPS) is 26.4. The molecule has 1 aromatic carbocycles. The molecule has 0 aromatic heterocycles. The van der Waals surface area contributed by atoms with Crippen LogP contribution >= 0.6 is 11.6 Å². The Balaban J connectivity index is 2.06. The summed E-state index contributed by atoms with van der Waals surface area (Å²) in [6.07, 6.45) is 0.171. The number of nitrogens with one attached hydrogen (secondary N) is 1. The molecule has 19 heavy (non-hydrogen) atoms. The fourth-order valence-electron chi connectivity index (χ4n) is 2.39. The fraction of sp³-hybridized carbons (Fsp3) is 0.462. The molecule has 0 spiro atoms. The Morgan fingerprint density at radius 1 is 1.47 bits per heavy atom. The molecule has 1 aliphatic rings. The molecule has 104 valence electrons. The molecule has 1 aromatic rings. The highest BCUT2D eigenvalue weighted by Crippen LogP contribution is 2.26. The van der Waals surface area contributed by atoms with Crippen molar-refractivity contribution in [3.05, 3.63) is 34.6 Å². The summed E-state index contributed by atoms with van der Waals surface area (Å²) in [5, 5.41) is 21.4. The quantitative estimate of drug-likeness (QED) is 0.786. The summed E-state index contributed by atoms with van der Waals surface area (Å²) in [6, 6.07) is 3.76. The van der Waals surface area contributed by atoms with Crippen molar-refractivity contribution in [2.75, 3.05) is 6.61 Å².